The van der Waals surface area contributed by atoms with E-state index in [-0.39, 0.29) is 0 Å². The summed E-state index contributed by atoms with van der Waals surface area (Å²) in [7, 11) is 0. The molecule has 2 aromatic heterocycles. The minimum absolute atomic E-state index is 0.609. The molecular weight excluding hydrogens is 346 g/mol. The van der Waals surface area contributed by atoms with Crippen molar-refractivity contribution in [1.29, 1.82) is 0 Å². The minimum Gasteiger partial charge on any atom is -0.246 e. The van der Waals surface area contributed by atoms with E-state index in [1.54, 1.807) is 0 Å². The molecule has 0 aliphatic carbocycles. The van der Waals surface area contributed by atoms with Gasteiger partial charge < -0.3 is 0 Å². The number of aryl methyl sites for hydroxylation is 2. The highest BCUT2D eigenvalue weighted by Crippen LogP contribution is 2.26. The van der Waals surface area contributed by atoms with Crippen molar-refractivity contribution in [2.75, 3.05) is 0 Å². The molecule has 0 unspecified atom stereocenters. The van der Waals surface area contributed by atoms with Crippen LogP contribution < -0.4 is 0 Å². The van der Waals surface area contributed by atoms with Gasteiger partial charge in [-0.3, -0.25) is 0 Å². The van der Waals surface area contributed by atoms with E-state index in [1.165, 1.54) is 0 Å². The summed E-state index contributed by atoms with van der Waals surface area (Å²) >= 11 is 6.05. The Labute approximate surface area is 156 Å². The number of aromatic nitrogens is 5. The number of benzene rings is 2. The Morgan fingerprint density at radius 1 is 0.923 bits per heavy atom. The highest BCUT2D eigenvalue weighted by Gasteiger charge is 2.14. The maximum Gasteiger partial charge on any atom is 0.147 e. The molecule has 0 radical (unpaired) electrons. The smallest absolute Gasteiger partial charge is 0.147 e. The second-order valence-corrected chi connectivity index (χ2v) is 6.59. The van der Waals surface area contributed by atoms with Gasteiger partial charge in [0, 0.05) is 22.3 Å². The van der Waals surface area contributed by atoms with Crippen molar-refractivity contribution < 1.29 is 0 Å². The van der Waals surface area contributed by atoms with Crippen LogP contribution in [0.15, 0.2) is 60.8 Å². The van der Waals surface area contributed by atoms with Gasteiger partial charge in [-0.2, -0.15) is 10.2 Å². The number of para-hydroxylation sites is 1. The zero-order valence-corrected chi connectivity index (χ0v) is 15.4. The van der Waals surface area contributed by atoms with Gasteiger partial charge in [-0.15, -0.1) is 0 Å². The Bertz CT molecular complexity index is 1030. The molecule has 2 heterocycles. The van der Waals surface area contributed by atoms with Gasteiger partial charge in [0.05, 0.1) is 17.9 Å². The molecule has 0 saturated heterocycles. The first-order valence-corrected chi connectivity index (χ1v) is 8.76. The van der Waals surface area contributed by atoms with Crippen molar-refractivity contribution >= 4 is 11.6 Å². The van der Waals surface area contributed by atoms with Crippen LogP contribution in [0.4, 0.5) is 0 Å². The summed E-state index contributed by atoms with van der Waals surface area (Å²) in [5.41, 5.74) is 4.02. The van der Waals surface area contributed by atoms with E-state index in [2.05, 4.69) is 16.3 Å². The standard InChI is InChI=1S/C20H18ClN5/c1-14-22-15(2)25(23-14)12-17-13-26(19-6-4-3-5-7-19)24-20(17)16-8-10-18(21)11-9-16/h3-11,13H,12H2,1-2H3. The van der Waals surface area contributed by atoms with Crippen LogP contribution in [-0.2, 0) is 6.54 Å². The van der Waals surface area contributed by atoms with Crippen LogP contribution >= 0.6 is 11.6 Å². The molecule has 6 heteroatoms. The van der Waals surface area contributed by atoms with E-state index in [1.807, 2.05) is 77.8 Å². The number of hydrogen-bond acceptors (Lipinski definition) is 3. The van der Waals surface area contributed by atoms with Crippen LogP contribution in [-0.4, -0.2) is 24.5 Å². The Morgan fingerprint density at radius 2 is 1.65 bits per heavy atom. The van der Waals surface area contributed by atoms with Gasteiger partial charge in [0.1, 0.15) is 11.6 Å². The van der Waals surface area contributed by atoms with Gasteiger partial charge in [-0.05, 0) is 38.1 Å². The van der Waals surface area contributed by atoms with Crippen molar-refractivity contribution in [3.63, 3.8) is 0 Å². The van der Waals surface area contributed by atoms with Crippen LogP contribution in [0.5, 0.6) is 0 Å². The third-order valence-electron chi connectivity index (χ3n) is 4.21. The number of hydrogen-bond donors (Lipinski definition) is 0. The quantitative estimate of drug-likeness (QED) is 0.538. The monoisotopic (exact) mass is 363 g/mol. The maximum absolute atomic E-state index is 6.05. The largest absolute Gasteiger partial charge is 0.246 e. The van der Waals surface area contributed by atoms with Crippen molar-refractivity contribution in [3.8, 4) is 16.9 Å². The predicted molar refractivity (Wildman–Crippen MR) is 103 cm³/mol. The fourth-order valence-corrected chi connectivity index (χ4v) is 3.09. The molecule has 0 N–H and O–H groups in total. The number of nitrogens with zero attached hydrogens (tertiary/aromatic N) is 5. The predicted octanol–water partition coefficient (Wildman–Crippen LogP) is 4.45. The van der Waals surface area contributed by atoms with E-state index in [9.17, 15) is 0 Å². The third-order valence-corrected chi connectivity index (χ3v) is 4.46. The van der Waals surface area contributed by atoms with Gasteiger partial charge in [-0.25, -0.2) is 14.3 Å². The van der Waals surface area contributed by atoms with Gasteiger partial charge in [0.15, 0.2) is 0 Å². The van der Waals surface area contributed by atoms with Crippen molar-refractivity contribution in [1.82, 2.24) is 24.5 Å². The highest BCUT2D eigenvalue weighted by molar-refractivity contribution is 6.30. The zero-order valence-electron chi connectivity index (χ0n) is 14.6. The maximum atomic E-state index is 6.05. The molecule has 0 aliphatic heterocycles. The summed E-state index contributed by atoms with van der Waals surface area (Å²) in [6.07, 6.45) is 2.05. The van der Waals surface area contributed by atoms with Gasteiger partial charge in [0.25, 0.3) is 0 Å². The molecule has 0 fully saturated rings. The van der Waals surface area contributed by atoms with Crippen molar-refractivity contribution in [2.24, 2.45) is 0 Å². The molecule has 130 valence electrons. The van der Waals surface area contributed by atoms with Crippen LogP contribution in [0.25, 0.3) is 16.9 Å². The minimum atomic E-state index is 0.609. The molecular formula is C20H18ClN5. The lowest BCUT2D eigenvalue weighted by Gasteiger charge is -2.04. The second kappa shape index (κ2) is 6.77. The van der Waals surface area contributed by atoms with Crippen LogP contribution in [0, 0.1) is 13.8 Å². The van der Waals surface area contributed by atoms with Gasteiger partial charge in [0.2, 0.25) is 0 Å². The van der Waals surface area contributed by atoms with E-state index < -0.39 is 0 Å². The van der Waals surface area contributed by atoms with Crippen LogP contribution in [0.2, 0.25) is 5.02 Å². The summed E-state index contributed by atoms with van der Waals surface area (Å²) in [5, 5.41) is 10.0. The summed E-state index contributed by atoms with van der Waals surface area (Å²) in [6, 6.07) is 17.8. The van der Waals surface area contributed by atoms with Crippen molar-refractivity contribution in [2.45, 2.75) is 20.4 Å². The third kappa shape index (κ3) is 3.26. The van der Waals surface area contributed by atoms with Gasteiger partial charge >= 0.3 is 0 Å². The Balaban J connectivity index is 1.81. The van der Waals surface area contributed by atoms with E-state index in [0.29, 0.717) is 11.6 Å². The first kappa shape index (κ1) is 16.5. The highest BCUT2D eigenvalue weighted by atomic mass is 35.5. The Kier molecular flexibility index (Phi) is 4.31. The second-order valence-electron chi connectivity index (χ2n) is 6.15. The van der Waals surface area contributed by atoms with Gasteiger partial charge in [-0.1, -0.05) is 41.9 Å². The molecule has 0 amide bonds. The fourth-order valence-electron chi connectivity index (χ4n) is 2.96. The lowest BCUT2D eigenvalue weighted by Crippen LogP contribution is -2.04. The lowest BCUT2D eigenvalue weighted by atomic mass is 10.1. The molecule has 0 aliphatic rings. The Hall–Kier alpha value is -2.92. The summed E-state index contributed by atoms with van der Waals surface area (Å²) in [4.78, 5) is 4.39. The summed E-state index contributed by atoms with van der Waals surface area (Å²) in [6.45, 7) is 4.47. The first-order chi connectivity index (χ1) is 12.6. The first-order valence-electron chi connectivity index (χ1n) is 8.38. The van der Waals surface area contributed by atoms with E-state index >= 15 is 0 Å². The molecule has 4 rings (SSSR count). The summed E-state index contributed by atoms with van der Waals surface area (Å²) in [5.74, 6) is 1.66. The lowest BCUT2D eigenvalue weighted by molar-refractivity contribution is 0.657. The average molecular weight is 364 g/mol. The molecule has 4 aromatic rings. The average Bonchev–Trinajstić information content (AvgIpc) is 3.20. The zero-order chi connectivity index (χ0) is 18.1. The SMILES string of the molecule is Cc1nc(C)n(Cc2cn(-c3ccccc3)nc2-c2ccc(Cl)cc2)n1. The Morgan fingerprint density at radius 3 is 2.31 bits per heavy atom. The fraction of sp³-hybridized carbons (Fsp3) is 0.150. The molecule has 5 nitrogen and oxygen atoms in total. The van der Waals surface area contributed by atoms with Crippen molar-refractivity contribution in [3.05, 3.63) is 83.0 Å². The normalized spacial score (nSPS) is 11.0. The molecule has 0 bridgehead atoms. The summed E-state index contributed by atoms with van der Waals surface area (Å²) < 4.78 is 3.81. The van der Waals surface area contributed by atoms with E-state index in [4.69, 9.17) is 16.7 Å². The van der Waals surface area contributed by atoms with Crippen LogP contribution in [0.1, 0.15) is 17.2 Å². The van der Waals surface area contributed by atoms with E-state index in [0.717, 1.165) is 34.2 Å². The topological polar surface area (TPSA) is 48.5 Å². The molecule has 2 aromatic carbocycles. The number of halogens is 1. The number of rotatable bonds is 4. The van der Waals surface area contributed by atoms with Crippen LogP contribution in [0.3, 0.4) is 0 Å². The molecule has 0 saturated carbocycles. The molecule has 0 spiro atoms. The molecule has 26 heavy (non-hydrogen) atoms. The molecule has 0 atom stereocenters.